The van der Waals surface area contributed by atoms with Gasteiger partial charge in [0.15, 0.2) is 5.82 Å². The number of benzene rings is 1. The Morgan fingerprint density at radius 1 is 1.29 bits per heavy atom. The third-order valence-electron chi connectivity index (χ3n) is 2.74. The quantitative estimate of drug-likeness (QED) is 0.919. The molecule has 0 aliphatic carbocycles. The Morgan fingerprint density at radius 3 is 2.48 bits per heavy atom. The lowest BCUT2D eigenvalue weighted by atomic mass is 10.1. The minimum absolute atomic E-state index is 0.0860. The monoisotopic (exact) mass is 301 g/mol. The minimum Gasteiger partial charge on any atom is -0.406 e. The van der Waals surface area contributed by atoms with Crippen LogP contribution in [0.2, 0.25) is 0 Å². The molecule has 114 valence electrons. The summed E-state index contributed by atoms with van der Waals surface area (Å²) in [5, 5.41) is 6.80. The standard InChI is InChI=1S/C13H14F3N3O2/c1-8(17-7-12-18-9(2)19-21-12)10-3-5-11(6-4-10)20-13(14,15)16/h3-6,8,17H,7H2,1-2H3. The van der Waals surface area contributed by atoms with E-state index in [-0.39, 0.29) is 11.8 Å². The number of alkyl halides is 3. The molecule has 1 N–H and O–H groups in total. The lowest BCUT2D eigenvalue weighted by Gasteiger charge is -2.14. The molecule has 21 heavy (non-hydrogen) atoms. The average molecular weight is 301 g/mol. The fourth-order valence-corrected chi connectivity index (χ4v) is 1.73. The van der Waals surface area contributed by atoms with Crippen LogP contribution in [0.4, 0.5) is 13.2 Å². The van der Waals surface area contributed by atoms with E-state index in [9.17, 15) is 13.2 Å². The van der Waals surface area contributed by atoms with E-state index in [0.29, 0.717) is 18.3 Å². The van der Waals surface area contributed by atoms with Gasteiger partial charge in [-0.1, -0.05) is 17.3 Å². The first-order valence-corrected chi connectivity index (χ1v) is 6.22. The van der Waals surface area contributed by atoms with Gasteiger partial charge in [-0.3, -0.25) is 0 Å². The molecule has 0 aliphatic rings. The number of hydrogen-bond donors (Lipinski definition) is 1. The van der Waals surface area contributed by atoms with Gasteiger partial charge in [0, 0.05) is 6.04 Å². The summed E-state index contributed by atoms with van der Waals surface area (Å²) in [5.41, 5.74) is 0.820. The van der Waals surface area contributed by atoms with Crippen molar-refractivity contribution >= 4 is 0 Å². The lowest BCUT2D eigenvalue weighted by Crippen LogP contribution is -2.19. The summed E-state index contributed by atoms with van der Waals surface area (Å²) >= 11 is 0. The van der Waals surface area contributed by atoms with Crippen molar-refractivity contribution in [1.29, 1.82) is 0 Å². The van der Waals surface area contributed by atoms with Gasteiger partial charge in [-0.25, -0.2) is 0 Å². The normalized spacial score (nSPS) is 13.2. The molecular weight excluding hydrogens is 287 g/mol. The number of nitrogens with zero attached hydrogens (tertiary/aromatic N) is 2. The van der Waals surface area contributed by atoms with Crippen LogP contribution in [0.15, 0.2) is 28.8 Å². The van der Waals surface area contributed by atoms with Crippen LogP contribution in [-0.2, 0) is 6.54 Å². The number of hydrogen-bond acceptors (Lipinski definition) is 5. The molecule has 0 saturated carbocycles. The molecule has 2 rings (SSSR count). The number of ether oxygens (including phenoxy) is 1. The second-order valence-corrected chi connectivity index (χ2v) is 4.45. The maximum Gasteiger partial charge on any atom is 0.573 e. The second kappa shape index (κ2) is 6.13. The van der Waals surface area contributed by atoms with Crippen molar-refractivity contribution < 1.29 is 22.4 Å². The molecule has 1 unspecified atom stereocenters. The molecule has 1 aromatic heterocycles. The van der Waals surface area contributed by atoms with Crippen LogP contribution in [-0.4, -0.2) is 16.5 Å². The SMILES string of the molecule is Cc1noc(CNC(C)c2ccc(OC(F)(F)F)cc2)n1. The predicted molar refractivity (Wildman–Crippen MR) is 67.4 cm³/mol. The summed E-state index contributed by atoms with van der Waals surface area (Å²) in [4.78, 5) is 4.05. The molecule has 0 saturated heterocycles. The number of aryl methyl sites for hydroxylation is 1. The molecule has 0 aliphatic heterocycles. The van der Waals surface area contributed by atoms with E-state index in [1.54, 1.807) is 19.1 Å². The first-order valence-electron chi connectivity index (χ1n) is 6.22. The van der Waals surface area contributed by atoms with Gasteiger partial charge in [-0.2, -0.15) is 4.98 Å². The van der Waals surface area contributed by atoms with Crippen LogP contribution in [0.25, 0.3) is 0 Å². The molecule has 0 fully saturated rings. The summed E-state index contributed by atoms with van der Waals surface area (Å²) in [6.07, 6.45) is -4.68. The number of nitrogens with one attached hydrogen (secondary N) is 1. The molecular formula is C13H14F3N3O2. The first-order chi connectivity index (χ1) is 9.83. The highest BCUT2D eigenvalue weighted by Gasteiger charge is 2.31. The molecule has 1 atom stereocenters. The molecule has 0 bridgehead atoms. The van der Waals surface area contributed by atoms with Gasteiger partial charge < -0.3 is 14.6 Å². The molecule has 0 spiro atoms. The summed E-state index contributed by atoms with van der Waals surface area (Å²) in [6.45, 7) is 3.97. The number of halogens is 3. The van der Waals surface area contributed by atoms with Gasteiger partial charge in [0.05, 0.1) is 6.54 Å². The van der Waals surface area contributed by atoms with E-state index >= 15 is 0 Å². The molecule has 2 aromatic rings. The van der Waals surface area contributed by atoms with Crippen molar-refractivity contribution in [3.05, 3.63) is 41.5 Å². The Hall–Kier alpha value is -2.09. The number of rotatable bonds is 5. The lowest BCUT2D eigenvalue weighted by molar-refractivity contribution is -0.274. The highest BCUT2D eigenvalue weighted by molar-refractivity contribution is 5.29. The van der Waals surface area contributed by atoms with Crippen LogP contribution in [0, 0.1) is 6.92 Å². The fraction of sp³-hybridized carbons (Fsp3) is 0.385. The fourth-order valence-electron chi connectivity index (χ4n) is 1.73. The van der Waals surface area contributed by atoms with Gasteiger partial charge in [-0.15, -0.1) is 13.2 Å². The molecule has 8 heteroatoms. The van der Waals surface area contributed by atoms with Crippen LogP contribution < -0.4 is 10.1 Å². The Bertz CT molecular complexity index is 581. The van der Waals surface area contributed by atoms with Crippen molar-refractivity contribution in [3.8, 4) is 5.75 Å². The molecule has 1 aromatic carbocycles. The maximum absolute atomic E-state index is 12.1. The third kappa shape index (κ3) is 4.75. The zero-order valence-corrected chi connectivity index (χ0v) is 11.4. The van der Waals surface area contributed by atoms with E-state index in [2.05, 4.69) is 20.2 Å². The van der Waals surface area contributed by atoms with Crippen LogP contribution in [0.1, 0.15) is 30.2 Å². The molecule has 0 radical (unpaired) electrons. The Morgan fingerprint density at radius 2 is 1.95 bits per heavy atom. The average Bonchev–Trinajstić information content (AvgIpc) is 2.81. The van der Waals surface area contributed by atoms with Crippen LogP contribution in [0.5, 0.6) is 5.75 Å². The summed E-state index contributed by atoms with van der Waals surface area (Å²) < 4.78 is 44.9. The predicted octanol–water partition coefficient (Wildman–Crippen LogP) is 3.13. The summed E-state index contributed by atoms with van der Waals surface area (Å²) in [6, 6.07) is 5.60. The summed E-state index contributed by atoms with van der Waals surface area (Å²) in [7, 11) is 0. The smallest absolute Gasteiger partial charge is 0.406 e. The van der Waals surface area contributed by atoms with Crippen molar-refractivity contribution in [2.24, 2.45) is 0 Å². The third-order valence-corrected chi connectivity index (χ3v) is 2.74. The highest BCUT2D eigenvalue weighted by Crippen LogP contribution is 2.24. The zero-order chi connectivity index (χ0) is 15.5. The van der Waals surface area contributed by atoms with Crippen LogP contribution in [0.3, 0.4) is 0 Å². The van der Waals surface area contributed by atoms with Crippen molar-refractivity contribution in [3.63, 3.8) is 0 Å². The van der Waals surface area contributed by atoms with Gasteiger partial charge in [-0.05, 0) is 31.5 Å². The van der Waals surface area contributed by atoms with Crippen LogP contribution >= 0.6 is 0 Å². The summed E-state index contributed by atoms with van der Waals surface area (Å²) in [5.74, 6) is 0.760. The van der Waals surface area contributed by atoms with Gasteiger partial charge in [0.25, 0.3) is 0 Å². The van der Waals surface area contributed by atoms with E-state index < -0.39 is 6.36 Å². The van der Waals surface area contributed by atoms with Gasteiger partial charge in [0.2, 0.25) is 5.89 Å². The molecule has 5 nitrogen and oxygen atoms in total. The van der Waals surface area contributed by atoms with Crippen molar-refractivity contribution in [2.75, 3.05) is 0 Å². The van der Waals surface area contributed by atoms with E-state index in [1.807, 2.05) is 6.92 Å². The Labute approximate surface area is 119 Å². The van der Waals surface area contributed by atoms with E-state index in [1.165, 1.54) is 12.1 Å². The van der Waals surface area contributed by atoms with Crippen molar-refractivity contribution in [1.82, 2.24) is 15.5 Å². The Kier molecular flexibility index (Phi) is 4.46. The maximum atomic E-state index is 12.1. The minimum atomic E-state index is -4.68. The zero-order valence-electron chi connectivity index (χ0n) is 11.4. The van der Waals surface area contributed by atoms with E-state index in [0.717, 1.165) is 5.56 Å². The van der Waals surface area contributed by atoms with E-state index in [4.69, 9.17) is 4.52 Å². The van der Waals surface area contributed by atoms with Crippen molar-refractivity contribution in [2.45, 2.75) is 32.8 Å². The molecule has 0 amide bonds. The second-order valence-electron chi connectivity index (χ2n) is 4.45. The largest absolute Gasteiger partial charge is 0.573 e. The highest BCUT2D eigenvalue weighted by atomic mass is 19.4. The van der Waals surface area contributed by atoms with Gasteiger partial charge >= 0.3 is 6.36 Å². The Balaban J connectivity index is 1.91. The first kappa shape index (κ1) is 15.3. The number of aromatic nitrogens is 2. The van der Waals surface area contributed by atoms with Gasteiger partial charge in [0.1, 0.15) is 5.75 Å². The molecule has 1 heterocycles. The topological polar surface area (TPSA) is 60.2 Å².